The summed E-state index contributed by atoms with van der Waals surface area (Å²) in [6.45, 7) is 2.51. The van der Waals surface area contributed by atoms with E-state index in [4.69, 9.17) is 11.6 Å². The number of hydrogen-bond donors (Lipinski definition) is 2. The van der Waals surface area contributed by atoms with Gasteiger partial charge in [-0.1, -0.05) is 23.7 Å². The number of nitrogens with one attached hydrogen (secondary N) is 1. The van der Waals surface area contributed by atoms with Crippen molar-refractivity contribution in [3.63, 3.8) is 0 Å². The Morgan fingerprint density at radius 3 is 3.11 bits per heavy atom. The maximum Gasteiger partial charge on any atom is 0.140 e. The van der Waals surface area contributed by atoms with Gasteiger partial charge >= 0.3 is 0 Å². The molecule has 0 atom stereocenters. The largest absolute Gasteiger partial charge is 0.390 e. The topological polar surface area (TPSA) is 50.1 Å². The van der Waals surface area contributed by atoms with Crippen molar-refractivity contribution in [2.45, 2.75) is 19.7 Å². The van der Waals surface area contributed by atoms with Gasteiger partial charge in [-0.2, -0.15) is 0 Å². The van der Waals surface area contributed by atoms with Crippen LogP contribution in [0.15, 0.2) is 24.3 Å². The number of hydrogen-bond acceptors (Lipinski definition) is 3. The summed E-state index contributed by atoms with van der Waals surface area (Å²) in [7, 11) is 0. The van der Waals surface area contributed by atoms with E-state index >= 15 is 0 Å². The molecule has 3 rings (SSSR count). The van der Waals surface area contributed by atoms with Crippen molar-refractivity contribution in [2.75, 3.05) is 6.54 Å². The average Bonchev–Trinajstić information content (AvgIpc) is 2.77. The summed E-state index contributed by atoms with van der Waals surface area (Å²) in [5, 5.41) is 13.4. The molecular formula is C13H14ClN3O. The molecule has 4 nitrogen and oxygen atoms in total. The highest BCUT2D eigenvalue weighted by Crippen LogP contribution is 2.26. The first-order valence-corrected chi connectivity index (χ1v) is 6.33. The number of halogens is 1. The van der Waals surface area contributed by atoms with E-state index in [-0.39, 0.29) is 6.61 Å². The highest BCUT2D eigenvalue weighted by atomic mass is 35.5. The Bertz CT molecular complexity index is 580. The summed E-state index contributed by atoms with van der Waals surface area (Å²) in [5.74, 6) is 0.887. The normalized spacial score (nSPS) is 14.6. The van der Waals surface area contributed by atoms with E-state index in [0.717, 1.165) is 42.4 Å². The van der Waals surface area contributed by atoms with Gasteiger partial charge in [0.05, 0.1) is 18.0 Å². The van der Waals surface area contributed by atoms with Crippen LogP contribution in [0.3, 0.4) is 0 Å². The van der Waals surface area contributed by atoms with E-state index in [1.54, 1.807) is 0 Å². The molecule has 0 spiro atoms. The number of imidazole rings is 1. The number of aromatic nitrogens is 2. The van der Waals surface area contributed by atoms with Crippen LogP contribution in [-0.2, 0) is 19.7 Å². The molecule has 0 unspecified atom stereocenters. The zero-order valence-corrected chi connectivity index (χ0v) is 10.6. The first kappa shape index (κ1) is 11.7. The average molecular weight is 264 g/mol. The Morgan fingerprint density at radius 2 is 2.33 bits per heavy atom. The molecule has 2 aromatic rings. The van der Waals surface area contributed by atoms with Crippen molar-refractivity contribution in [3.8, 4) is 11.4 Å². The fraction of sp³-hybridized carbons (Fsp3) is 0.308. The van der Waals surface area contributed by atoms with Crippen molar-refractivity contribution >= 4 is 11.6 Å². The molecule has 2 N–H and O–H groups in total. The van der Waals surface area contributed by atoms with Gasteiger partial charge in [-0.15, -0.1) is 0 Å². The molecule has 1 aromatic heterocycles. The molecule has 2 heterocycles. The van der Waals surface area contributed by atoms with Gasteiger partial charge in [0, 0.05) is 30.2 Å². The van der Waals surface area contributed by atoms with Gasteiger partial charge in [-0.3, -0.25) is 0 Å². The molecule has 0 aliphatic carbocycles. The van der Waals surface area contributed by atoms with Gasteiger partial charge in [-0.05, 0) is 12.1 Å². The van der Waals surface area contributed by atoms with Crippen molar-refractivity contribution in [1.29, 1.82) is 0 Å². The second kappa shape index (κ2) is 4.72. The summed E-state index contributed by atoms with van der Waals surface area (Å²) >= 11 is 6.02. The van der Waals surface area contributed by atoms with Gasteiger partial charge in [0.2, 0.25) is 0 Å². The van der Waals surface area contributed by atoms with Crippen LogP contribution < -0.4 is 5.32 Å². The molecular weight excluding hydrogens is 250 g/mol. The predicted octanol–water partition coefficient (Wildman–Crippen LogP) is 1.80. The number of fused-ring (bicyclic) bond motifs is 1. The molecule has 0 saturated heterocycles. The van der Waals surface area contributed by atoms with E-state index in [0.29, 0.717) is 5.02 Å². The Kier molecular flexibility index (Phi) is 3.07. The van der Waals surface area contributed by atoms with Crippen LogP contribution in [-0.4, -0.2) is 21.2 Å². The molecule has 0 fully saturated rings. The number of nitrogens with zero attached hydrogens (tertiary/aromatic N) is 2. The van der Waals surface area contributed by atoms with Gasteiger partial charge in [0.1, 0.15) is 5.82 Å². The van der Waals surface area contributed by atoms with E-state index in [1.807, 2.05) is 24.3 Å². The molecule has 1 aliphatic heterocycles. The fourth-order valence-electron chi connectivity index (χ4n) is 2.35. The number of benzene rings is 1. The van der Waals surface area contributed by atoms with Gasteiger partial charge in [0.25, 0.3) is 0 Å². The predicted molar refractivity (Wildman–Crippen MR) is 70.3 cm³/mol. The Balaban J connectivity index is 2.14. The number of aliphatic hydroxyl groups excluding tert-OH is 1. The summed E-state index contributed by atoms with van der Waals surface area (Å²) in [5.41, 5.74) is 2.81. The summed E-state index contributed by atoms with van der Waals surface area (Å²) in [4.78, 5) is 4.54. The second-order valence-electron chi connectivity index (χ2n) is 4.33. The van der Waals surface area contributed by atoms with E-state index in [2.05, 4.69) is 14.9 Å². The maximum atomic E-state index is 9.38. The lowest BCUT2D eigenvalue weighted by atomic mass is 10.2. The van der Waals surface area contributed by atoms with Crippen molar-refractivity contribution in [3.05, 3.63) is 40.7 Å². The highest BCUT2D eigenvalue weighted by molar-refractivity contribution is 6.30. The third-order valence-corrected chi connectivity index (χ3v) is 3.43. The van der Waals surface area contributed by atoms with Gasteiger partial charge in [-0.25, -0.2) is 4.98 Å². The van der Waals surface area contributed by atoms with Crippen molar-refractivity contribution in [1.82, 2.24) is 14.9 Å². The Labute approximate surface area is 110 Å². The quantitative estimate of drug-likeness (QED) is 0.869. The molecule has 5 heteroatoms. The van der Waals surface area contributed by atoms with Gasteiger partial charge in [0.15, 0.2) is 0 Å². The second-order valence-corrected chi connectivity index (χ2v) is 4.76. The smallest absolute Gasteiger partial charge is 0.140 e. The van der Waals surface area contributed by atoms with Crippen LogP contribution in [0.2, 0.25) is 5.02 Å². The minimum atomic E-state index is -0.0302. The standard InChI is InChI=1S/C13H14ClN3O/c14-10-3-1-2-9(6-10)13-16-11(8-18)12-7-15-4-5-17(12)13/h1-3,6,15,18H,4-5,7-8H2. The van der Waals surface area contributed by atoms with Crippen LogP contribution in [0.4, 0.5) is 0 Å². The molecule has 1 aromatic carbocycles. The Hall–Kier alpha value is -1.36. The summed E-state index contributed by atoms with van der Waals surface area (Å²) < 4.78 is 2.16. The Morgan fingerprint density at radius 1 is 1.44 bits per heavy atom. The lowest BCUT2D eigenvalue weighted by Crippen LogP contribution is -2.28. The van der Waals surface area contributed by atoms with Crippen LogP contribution in [0.25, 0.3) is 11.4 Å². The minimum absolute atomic E-state index is 0.0302. The number of aliphatic hydroxyl groups is 1. The first-order valence-electron chi connectivity index (χ1n) is 5.95. The zero-order valence-electron chi connectivity index (χ0n) is 9.86. The molecule has 18 heavy (non-hydrogen) atoms. The van der Waals surface area contributed by atoms with E-state index < -0.39 is 0 Å². The molecule has 0 bridgehead atoms. The molecule has 0 amide bonds. The summed E-state index contributed by atoms with van der Waals surface area (Å²) in [6, 6.07) is 7.66. The third-order valence-electron chi connectivity index (χ3n) is 3.19. The van der Waals surface area contributed by atoms with Crippen molar-refractivity contribution in [2.24, 2.45) is 0 Å². The van der Waals surface area contributed by atoms with E-state index in [1.165, 1.54) is 0 Å². The minimum Gasteiger partial charge on any atom is -0.390 e. The fourth-order valence-corrected chi connectivity index (χ4v) is 2.54. The van der Waals surface area contributed by atoms with Crippen LogP contribution >= 0.6 is 11.6 Å². The summed E-state index contributed by atoms with van der Waals surface area (Å²) in [6.07, 6.45) is 0. The van der Waals surface area contributed by atoms with Crippen LogP contribution in [0, 0.1) is 0 Å². The third kappa shape index (κ3) is 1.92. The van der Waals surface area contributed by atoms with Crippen LogP contribution in [0.5, 0.6) is 0 Å². The molecule has 0 saturated carbocycles. The SMILES string of the molecule is OCc1nc(-c2cccc(Cl)c2)n2c1CNCC2. The lowest BCUT2D eigenvalue weighted by molar-refractivity contribution is 0.275. The first-order chi connectivity index (χ1) is 8.79. The zero-order chi connectivity index (χ0) is 12.5. The lowest BCUT2D eigenvalue weighted by Gasteiger charge is -2.18. The molecule has 0 radical (unpaired) electrons. The highest BCUT2D eigenvalue weighted by Gasteiger charge is 2.19. The van der Waals surface area contributed by atoms with Crippen LogP contribution in [0.1, 0.15) is 11.4 Å². The van der Waals surface area contributed by atoms with Crippen molar-refractivity contribution < 1.29 is 5.11 Å². The number of rotatable bonds is 2. The van der Waals surface area contributed by atoms with E-state index in [9.17, 15) is 5.11 Å². The van der Waals surface area contributed by atoms with Gasteiger partial charge < -0.3 is 15.0 Å². The maximum absolute atomic E-state index is 9.38. The molecule has 94 valence electrons. The monoisotopic (exact) mass is 263 g/mol. The molecule has 1 aliphatic rings.